The minimum Gasteiger partial charge on any atom is -0.456 e. The number of allylic oxidation sites excluding steroid dienone is 5. The van der Waals surface area contributed by atoms with E-state index in [1.165, 1.54) is 0 Å². The summed E-state index contributed by atoms with van der Waals surface area (Å²) in [4.78, 5) is 0. The second-order valence-corrected chi connectivity index (χ2v) is 16.1. The van der Waals surface area contributed by atoms with Crippen molar-refractivity contribution in [2.75, 3.05) is 0 Å². The van der Waals surface area contributed by atoms with Crippen molar-refractivity contribution in [3.05, 3.63) is 35.8 Å². The summed E-state index contributed by atoms with van der Waals surface area (Å²) in [7, 11) is -2.70. The summed E-state index contributed by atoms with van der Waals surface area (Å²) in [6.07, 6.45) is 7.45. The van der Waals surface area contributed by atoms with Crippen molar-refractivity contribution in [3.63, 3.8) is 0 Å². The smallest absolute Gasteiger partial charge is 0.175 e. The monoisotopic (exact) mass is 286 g/mol. The molecule has 0 atom stereocenters. The molecule has 1 rings (SSSR count). The number of ether oxygens (including phenoxy) is 1. The fourth-order valence-electron chi connectivity index (χ4n) is 1.10. The van der Waals surface area contributed by atoms with Crippen molar-refractivity contribution in [2.45, 2.75) is 39.3 Å². The third-order valence-corrected chi connectivity index (χ3v) is 3.75. The first-order chi connectivity index (χ1) is 8.66. The Hall–Kier alpha value is -1.43. The summed E-state index contributed by atoms with van der Waals surface area (Å²) in [5.74, 6) is 7.02. The minimum atomic E-state index is -1.36. The van der Waals surface area contributed by atoms with E-state index in [1.807, 2.05) is 18.2 Å². The molecule has 1 nitrogen and oxygen atoms in total. The van der Waals surface area contributed by atoms with Crippen molar-refractivity contribution in [1.82, 2.24) is 0 Å². The molecule has 0 fully saturated rings. The van der Waals surface area contributed by atoms with Crippen LogP contribution in [0.5, 0.6) is 0 Å². The van der Waals surface area contributed by atoms with E-state index in [9.17, 15) is 0 Å². The highest BCUT2D eigenvalue weighted by Gasteiger charge is 2.09. The zero-order valence-corrected chi connectivity index (χ0v) is 14.7. The molecule has 0 aromatic rings. The molecule has 0 radical (unpaired) electrons. The van der Waals surface area contributed by atoms with Crippen LogP contribution in [0.1, 0.15) is 0 Å². The maximum atomic E-state index is 5.48. The van der Waals surface area contributed by atoms with Crippen LogP contribution in [0.2, 0.25) is 39.3 Å². The molecule has 0 saturated carbocycles. The first kappa shape index (κ1) is 15.6. The molecule has 0 amide bonds. The fourth-order valence-corrected chi connectivity index (χ4v) is 2.12. The molecule has 0 aliphatic carbocycles. The summed E-state index contributed by atoms with van der Waals surface area (Å²) in [6, 6.07) is 0. The van der Waals surface area contributed by atoms with E-state index in [1.54, 1.807) is 6.26 Å². The van der Waals surface area contributed by atoms with E-state index in [2.05, 4.69) is 62.2 Å². The van der Waals surface area contributed by atoms with E-state index >= 15 is 0 Å². The molecule has 0 unspecified atom stereocenters. The van der Waals surface area contributed by atoms with Gasteiger partial charge in [-0.05, 0) is 24.1 Å². The quantitative estimate of drug-likeness (QED) is 0.481. The summed E-state index contributed by atoms with van der Waals surface area (Å²) >= 11 is 0. The SMILES string of the molecule is C[Si](C)(C)C#CC1=CC=C(C#C[Si](C)(C)C)OC=C1. The van der Waals surface area contributed by atoms with Gasteiger partial charge in [-0.3, -0.25) is 0 Å². The van der Waals surface area contributed by atoms with Gasteiger partial charge in [-0.2, -0.15) is 0 Å². The van der Waals surface area contributed by atoms with Gasteiger partial charge in [0.05, 0.1) is 6.26 Å². The van der Waals surface area contributed by atoms with Crippen LogP contribution in [0.15, 0.2) is 35.8 Å². The predicted molar refractivity (Wildman–Crippen MR) is 88.6 cm³/mol. The molecule has 0 bridgehead atoms. The summed E-state index contributed by atoms with van der Waals surface area (Å²) in [6.45, 7) is 13.4. The Morgan fingerprint density at radius 3 is 2.00 bits per heavy atom. The first-order valence-corrected chi connectivity index (χ1v) is 13.5. The first-order valence-electron chi connectivity index (χ1n) is 6.47. The molecule has 1 aliphatic rings. The Morgan fingerprint density at radius 2 is 1.42 bits per heavy atom. The lowest BCUT2D eigenvalue weighted by molar-refractivity contribution is 0.374. The van der Waals surface area contributed by atoms with Gasteiger partial charge in [-0.15, -0.1) is 11.1 Å². The third-order valence-electron chi connectivity index (χ3n) is 2.00. The van der Waals surface area contributed by atoms with Crippen molar-refractivity contribution in [2.24, 2.45) is 0 Å². The maximum Gasteiger partial charge on any atom is 0.175 e. The Bertz CT molecular complexity index is 544. The van der Waals surface area contributed by atoms with Gasteiger partial charge in [0.2, 0.25) is 0 Å². The Kier molecular flexibility index (Phi) is 5.06. The van der Waals surface area contributed by atoms with Crippen LogP contribution in [-0.2, 0) is 4.74 Å². The Morgan fingerprint density at radius 1 is 0.842 bits per heavy atom. The van der Waals surface area contributed by atoms with Gasteiger partial charge >= 0.3 is 0 Å². The molecule has 100 valence electrons. The lowest BCUT2D eigenvalue weighted by Crippen LogP contribution is -2.16. The van der Waals surface area contributed by atoms with Crippen LogP contribution in [-0.4, -0.2) is 16.1 Å². The van der Waals surface area contributed by atoms with Crippen LogP contribution in [0, 0.1) is 22.9 Å². The molecule has 0 aromatic carbocycles. The number of rotatable bonds is 0. The van der Waals surface area contributed by atoms with Gasteiger partial charge in [-0.1, -0.05) is 45.2 Å². The fraction of sp³-hybridized carbons (Fsp3) is 0.375. The van der Waals surface area contributed by atoms with E-state index < -0.39 is 16.1 Å². The average Bonchev–Trinajstić information content (AvgIpc) is 2.47. The largest absolute Gasteiger partial charge is 0.456 e. The van der Waals surface area contributed by atoms with Gasteiger partial charge < -0.3 is 4.74 Å². The van der Waals surface area contributed by atoms with Gasteiger partial charge in [0.1, 0.15) is 16.1 Å². The van der Waals surface area contributed by atoms with Crippen LogP contribution >= 0.6 is 0 Å². The lowest BCUT2D eigenvalue weighted by atomic mass is 10.2. The summed E-state index contributed by atoms with van der Waals surface area (Å²) < 4.78 is 5.48. The van der Waals surface area contributed by atoms with Gasteiger partial charge in [-0.25, -0.2) is 0 Å². The van der Waals surface area contributed by atoms with Crippen molar-refractivity contribution >= 4 is 16.1 Å². The molecule has 1 heterocycles. The minimum absolute atomic E-state index is 0.698. The third kappa shape index (κ3) is 7.56. The van der Waals surface area contributed by atoms with E-state index in [0.29, 0.717) is 5.76 Å². The molecule has 0 aromatic heterocycles. The molecule has 0 saturated heterocycles. The average molecular weight is 287 g/mol. The molecule has 19 heavy (non-hydrogen) atoms. The molecular formula is C16H22OSi2. The van der Waals surface area contributed by atoms with Crippen molar-refractivity contribution in [1.29, 1.82) is 0 Å². The second-order valence-electron chi connectivity index (χ2n) is 6.57. The predicted octanol–water partition coefficient (Wildman–Crippen LogP) is 4.10. The second kappa shape index (κ2) is 6.15. The highest BCUT2D eigenvalue weighted by Crippen LogP contribution is 2.09. The van der Waals surface area contributed by atoms with Crippen molar-refractivity contribution in [3.8, 4) is 22.9 Å². The van der Waals surface area contributed by atoms with E-state index in [-0.39, 0.29) is 0 Å². The number of hydrogen-bond donors (Lipinski definition) is 0. The lowest BCUT2D eigenvalue weighted by Gasteiger charge is -2.03. The molecule has 0 N–H and O–H groups in total. The van der Waals surface area contributed by atoms with E-state index in [0.717, 1.165) is 5.57 Å². The normalized spacial score (nSPS) is 14.8. The van der Waals surface area contributed by atoms with Crippen molar-refractivity contribution < 1.29 is 4.74 Å². The topological polar surface area (TPSA) is 9.23 Å². The molecule has 0 spiro atoms. The zero-order chi connectivity index (χ0) is 14.5. The molecule has 1 aliphatic heterocycles. The Balaban J connectivity index is 2.90. The standard InChI is InChI=1S/C16H22OSi2/c1-18(2,3)13-10-15-7-8-16(17-12-9-15)11-14-19(4,5)6/h7-9,12H,1-6H3. The molecular weight excluding hydrogens is 264 g/mol. The summed E-state index contributed by atoms with van der Waals surface area (Å²) in [5.41, 5.74) is 7.62. The Labute approximate surface area is 119 Å². The van der Waals surface area contributed by atoms with Gasteiger partial charge in [0.15, 0.2) is 5.76 Å². The highest BCUT2D eigenvalue weighted by atomic mass is 28.3. The number of hydrogen-bond acceptors (Lipinski definition) is 1. The van der Waals surface area contributed by atoms with Crippen LogP contribution in [0.4, 0.5) is 0 Å². The van der Waals surface area contributed by atoms with Gasteiger partial charge in [0.25, 0.3) is 0 Å². The molecule has 3 heteroatoms. The zero-order valence-electron chi connectivity index (χ0n) is 12.7. The summed E-state index contributed by atoms with van der Waals surface area (Å²) in [5, 5.41) is 0. The maximum absolute atomic E-state index is 5.48. The highest BCUT2D eigenvalue weighted by molar-refractivity contribution is 6.84. The van der Waals surface area contributed by atoms with Crippen LogP contribution in [0.25, 0.3) is 0 Å². The van der Waals surface area contributed by atoms with Crippen LogP contribution in [0.3, 0.4) is 0 Å². The van der Waals surface area contributed by atoms with E-state index in [4.69, 9.17) is 4.74 Å². The van der Waals surface area contributed by atoms with Gasteiger partial charge in [0, 0.05) is 5.57 Å². The van der Waals surface area contributed by atoms with Crippen LogP contribution < -0.4 is 0 Å².